The Morgan fingerprint density at radius 3 is 0.836 bits per heavy atom. The molecule has 6 nitrogen and oxygen atoms in total. The molecule has 0 aliphatic heterocycles. The number of carbonyl (C=O) groups is 3. The number of unbranched alkanes of at least 4 members (excludes halogenated alkanes) is 31. The van der Waals surface area contributed by atoms with Crippen LogP contribution in [-0.2, 0) is 28.6 Å². The zero-order valence-corrected chi connectivity index (χ0v) is 48.1. The molecule has 0 aliphatic carbocycles. The van der Waals surface area contributed by atoms with E-state index in [-0.39, 0.29) is 31.1 Å². The zero-order valence-electron chi connectivity index (χ0n) is 48.1. The minimum absolute atomic E-state index is 0.0832. The van der Waals surface area contributed by atoms with E-state index in [0.29, 0.717) is 19.3 Å². The smallest absolute Gasteiger partial charge is 0.306 e. The number of rotatable bonds is 56. The van der Waals surface area contributed by atoms with Gasteiger partial charge in [0.1, 0.15) is 13.2 Å². The van der Waals surface area contributed by atoms with Crippen LogP contribution in [0.25, 0.3) is 0 Å². The van der Waals surface area contributed by atoms with Gasteiger partial charge in [-0.1, -0.05) is 292 Å². The minimum atomic E-state index is -0.788. The van der Waals surface area contributed by atoms with Crippen molar-refractivity contribution >= 4 is 17.9 Å². The lowest BCUT2D eigenvalue weighted by Crippen LogP contribution is -2.30. The molecule has 0 saturated carbocycles. The maximum absolute atomic E-state index is 12.9. The van der Waals surface area contributed by atoms with Crippen LogP contribution >= 0.6 is 0 Å². The molecule has 1 unspecified atom stereocenters. The van der Waals surface area contributed by atoms with Crippen molar-refractivity contribution in [3.05, 3.63) is 85.1 Å². The minimum Gasteiger partial charge on any atom is -0.462 e. The molecule has 420 valence electrons. The van der Waals surface area contributed by atoms with E-state index in [9.17, 15) is 14.4 Å². The molecule has 0 spiro atoms. The summed E-state index contributed by atoms with van der Waals surface area (Å²) in [5.74, 6) is -0.904. The Morgan fingerprint density at radius 2 is 0.534 bits per heavy atom. The van der Waals surface area contributed by atoms with Gasteiger partial charge in [0, 0.05) is 19.3 Å². The molecule has 0 N–H and O–H groups in total. The molecule has 0 bridgehead atoms. The van der Waals surface area contributed by atoms with E-state index in [1.165, 1.54) is 154 Å². The predicted molar refractivity (Wildman–Crippen MR) is 316 cm³/mol. The SMILES string of the molecule is CC/C=C\C/C=C\C/C=C\C/C=C\C/C=C\C/C=C\C/C=C\CCCCCC(=O)OCC(COC(=O)CCCCCCCCCCCCCC)OC(=O)CCCCCCCCCCCCCCCCCCCC. The van der Waals surface area contributed by atoms with E-state index in [0.717, 1.165) is 109 Å². The van der Waals surface area contributed by atoms with E-state index in [2.05, 4.69) is 106 Å². The normalized spacial score (nSPS) is 12.6. The van der Waals surface area contributed by atoms with Gasteiger partial charge in [-0.3, -0.25) is 14.4 Å². The van der Waals surface area contributed by atoms with Crippen LogP contribution in [0.1, 0.15) is 303 Å². The van der Waals surface area contributed by atoms with Crippen LogP contribution in [-0.4, -0.2) is 37.2 Å². The van der Waals surface area contributed by atoms with Crippen molar-refractivity contribution in [3.8, 4) is 0 Å². The first-order valence-electron chi connectivity index (χ1n) is 31.1. The first kappa shape index (κ1) is 69.6. The number of carbonyl (C=O) groups excluding carboxylic acids is 3. The number of ether oxygens (including phenoxy) is 3. The Bertz CT molecular complexity index is 1400. The first-order valence-corrected chi connectivity index (χ1v) is 31.1. The van der Waals surface area contributed by atoms with Crippen LogP contribution in [0.2, 0.25) is 0 Å². The molecule has 73 heavy (non-hydrogen) atoms. The van der Waals surface area contributed by atoms with Gasteiger partial charge in [0.2, 0.25) is 0 Å². The maximum Gasteiger partial charge on any atom is 0.306 e. The van der Waals surface area contributed by atoms with Crippen molar-refractivity contribution in [3.63, 3.8) is 0 Å². The monoisotopic (exact) mass is 1020 g/mol. The fourth-order valence-electron chi connectivity index (χ4n) is 8.78. The van der Waals surface area contributed by atoms with Gasteiger partial charge in [0.05, 0.1) is 0 Å². The van der Waals surface area contributed by atoms with Gasteiger partial charge in [-0.2, -0.15) is 0 Å². The van der Waals surface area contributed by atoms with Crippen molar-refractivity contribution in [1.82, 2.24) is 0 Å². The second-order valence-electron chi connectivity index (χ2n) is 20.6. The third-order valence-electron chi connectivity index (χ3n) is 13.4. The molecular weight excluding hydrogens is 901 g/mol. The Hall–Kier alpha value is -3.41. The third-order valence-corrected chi connectivity index (χ3v) is 13.4. The van der Waals surface area contributed by atoms with Crippen LogP contribution in [0.5, 0.6) is 0 Å². The number of hydrogen-bond acceptors (Lipinski definition) is 6. The van der Waals surface area contributed by atoms with Gasteiger partial charge >= 0.3 is 17.9 Å². The standard InChI is InChI=1S/C67H116O6/c1-4-7-10-13-16-19-22-25-27-29-31-32-33-34-35-36-37-39-40-42-45-48-51-54-57-60-66(69)72-63-64(62-71-65(68)59-56-53-50-47-44-24-21-18-15-12-9-6-3)73-67(70)61-58-55-52-49-46-43-41-38-30-28-26-23-20-17-14-11-8-5-2/h7,10,16,19,25,27,31-32,34-35,37,39,42,45,64H,4-6,8-9,11-15,17-18,20-24,26,28-30,33,36,38,40-41,43-44,46-63H2,1-3H3/b10-7-,19-16-,27-25-,32-31-,35-34-,39-37-,45-42-. The maximum atomic E-state index is 12.9. The zero-order chi connectivity index (χ0) is 52.9. The fraction of sp³-hybridized carbons (Fsp3) is 0.746. The Kier molecular flexibility index (Phi) is 58.3. The summed E-state index contributed by atoms with van der Waals surface area (Å²) < 4.78 is 16.9. The molecule has 0 radical (unpaired) electrons. The van der Waals surface area contributed by atoms with Gasteiger partial charge in [0.25, 0.3) is 0 Å². The summed E-state index contributed by atoms with van der Waals surface area (Å²) in [6, 6.07) is 0. The fourth-order valence-corrected chi connectivity index (χ4v) is 8.78. The predicted octanol–water partition coefficient (Wildman–Crippen LogP) is 21.1. The molecule has 0 fully saturated rings. The number of esters is 3. The van der Waals surface area contributed by atoms with Crippen LogP contribution in [0.4, 0.5) is 0 Å². The lowest BCUT2D eigenvalue weighted by Gasteiger charge is -2.18. The molecule has 0 aromatic carbocycles. The average molecular weight is 1020 g/mol. The van der Waals surface area contributed by atoms with Crippen LogP contribution in [0, 0.1) is 0 Å². The highest BCUT2D eigenvalue weighted by Gasteiger charge is 2.19. The molecule has 0 aliphatic rings. The lowest BCUT2D eigenvalue weighted by molar-refractivity contribution is -0.167. The largest absolute Gasteiger partial charge is 0.462 e. The summed E-state index contributed by atoms with van der Waals surface area (Å²) in [6.07, 6.45) is 80.1. The van der Waals surface area contributed by atoms with Crippen molar-refractivity contribution in [2.45, 2.75) is 309 Å². The summed E-state index contributed by atoms with van der Waals surface area (Å²) in [5.41, 5.74) is 0. The second-order valence-corrected chi connectivity index (χ2v) is 20.6. The average Bonchev–Trinajstić information content (AvgIpc) is 3.39. The van der Waals surface area contributed by atoms with E-state index < -0.39 is 6.10 Å². The molecule has 0 rings (SSSR count). The summed E-state index contributed by atoms with van der Waals surface area (Å²) in [6.45, 7) is 6.53. The number of allylic oxidation sites excluding steroid dienone is 14. The number of hydrogen-bond donors (Lipinski definition) is 0. The molecule has 0 heterocycles. The van der Waals surface area contributed by atoms with E-state index in [1.807, 2.05) is 0 Å². The van der Waals surface area contributed by atoms with Crippen molar-refractivity contribution < 1.29 is 28.6 Å². The van der Waals surface area contributed by atoms with Crippen LogP contribution in [0.15, 0.2) is 85.1 Å². The quantitative estimate of drug-likeness (QED) is 0.0261. The van der Waals surface area contributed by atoms with Crippen LogP contribution < -0.4 is 0 Å². The summed E-state index contributed by atoms with van der Waals surface area (Å²) in [7, 11) is 0. The summed E-state index contributed by atoms with van der Waals surface area (Å²) in [5, 5.41) is 0. The van der Waals surface area contributed by atoms with Gasteiger partial charge in [-0.05, 0) is 77.0 Å². The molecular formula is C67H116O6. The van der Waals surface area contributed by atoms with E-state index >= 15 is 0 Å². The molecule has 6 heteroatoms. The lowest BCUT2D eigenvalue weighted by atomic mass is 10.0. The molecule has 0 aromatic heterocycles. The molecule has 0 aromatic rings. The van der Waals surface area contributed by atoms with Crippen molar-refractivity contribution in [2.24, 2.45) is 0 Å². The van der Waals surface area contributed by atoms with E-state index in [1.54, 1.807) is 0 Å². The Labute approximate surface area is 452 Å². The highest BCUT2D eigenvalue weighted by molar-refractivity contribution is 5.71. The Morgan fingerprint density at radius 1 is 0.288 bits per heavy atom. The van der Waals surface area contributed by atoms with Crippen LogP contribution in [0.3, 0.4) is 0 Å². The highest BCUT2D eigenvalue weighted by atomic mass is 16.6. The summed E-state index contributed by atoms with van der Waals surface area (Å²) >= 11 is 0. The highest BCUT2D eigenvalue weighted by Crippen LogP contribution is 2.17. The second kappa shape index (κ2) is 61.1. The van der Waals surface area contributed by atoms with Gasteiger partial charge in [-0.25, -0.2) is 0 Å². The van der Waals surface area contributed by atoms with E-state index in [4.69, 9.17) is 14.2 Å². The van der Waals surface area contributed by atoms with Gasteiger partial charge < -0.3 is 14.2 Å². The van der Waals surface area contributed by atoms with Gasteiger partial charge in [-0.15, -0.1) is 0 Å². The van der Waals surface area contributed by atoms with Crippen molar-refractivity contribution in [1.29, 1.82) is 0 Å². The van der Waals surface area contributed by atoms with Gasteiger partial charge in [0.15, 0.2) is 6.10 Å². The molecule has 0 amide bonds. The molecule has 0 saturated heterocycles. The van der Waals surface area contributed by atoms with Crippen molar-refractivity contribution in [2.75, 3.05) is 13.2 Å². The molecule has 1 atom stereocenters. The summed E-state index contributed by atoms with van der Waals surface area (Å²) in [4.78, 5) is 38.2. The first-order chi connectivity index (χ1) is 36.0. The third kappa shape index (κ3) is 59.3. The Balaban J connectivity index is 4.37. The topological polar surface area (TPSA) is 78.9 Å².